The molecule has 0 unspecified atom stereocenters. The average Bonchev–Trinajstić information content (AvgIpc) is 1.70. The van der Waals surface area contributed by atoms with Gasteiger partial charge in [-0.15, -0.1) is 0 Å². The molecule has 0 amide bonds. The van der Waals surface area contributed by atoms with E-state index in [0.717, 1.165) is 13.1 Å². The van der Waals surface area contributed by atoms with Crippen LogP contribution in [0, 0.1) is 0 Å². The molecule has 0 aromatic rings. The molecule has 0 aliphatic carbocycles. The normalized spacial score (nSPS) is 21.0. The zero-order valence-corrected chi connectivity index (χ0v) is 5.89. The molecule has 0 saturated carbocycles. The Morgan fingerprint density at radius 3 is 1.75 bits per heavy atom. The van der Waals surface area contributed by atoms with Gasteiger partial charge in [0.25, 0.3) is 0 Å². The van der Waals surface area contributed by atoms with Crippen molar-refractivity contribution in [1.29, 1.82) is 0 Å². The molecule has 1 rings (SSSR count). The fraction of sp³-hybridized carbons (Fsp3) is 1.00. The van der Waals surface area contributed by atoms with Crippen molar-refractivity contribution in [3.05, 3.63) is 0 Å². The minimum absolute atomic E-state index is 0.0324. The Balaban J connectivity index is 0.000000222. The van der Waals surface area contributed by atoms with E-state index in [1.54, 1.807) is 0 Å². The van der Waals surface area contributed by atoms with Crippen molar-refractivity contribution in [2.24, 2.45) is 0 Å². The molecule has 1 N–H and O–H groups in total. The molecule has 2 nitrogen and oxygen atoms in total. The van der Waals surface area contributed by atoms with E-state index in [0.29, 0.717) is 0 Å². The monoisotopic (exact) mass is 117 g/mol. The van der Waals surface area contributed by atoms with Gasteiger partial charge in [0.1, 0.15) is 0 Å². The average molecular weight is 117 g/mol. The van der Waals surface area contributed by atoms with Gasteiger partial charge in [-0.05, 0) is 7.05 Å². The molecule has 1 saturated heterocycles. The largest absolute Gasteiger partial charge is 0.390 e. The smallest absolute Gasteiger partial charge is 0.0793 e. The van der Waals surface area contributed by atoms with Crippen molar-refractivity contribution < 1.29 is 5.11 Å². The molecule has 0 spiro atoms. The predicted octanol–water partition coefficient (Wildman–Crippen LogP) is 0.319. The van der Waals surface area contributed by atoms with Crippen LogP contribution in [0.5, 0.6) is 0 Å². The summed E-state index contributed by atoms with van der Waals surface area (Å²) in [6.07, 6.45) is -0.0324. The number of aliphatic hydroxyl groups is 1. The fourth-order valence-electron chi connectivity index (χ4n) is 0.666. The molecule has 1 fully saturated rings. The topological polar surface area (TPSA) is 23.5 Å². The van der Waals surface area contributed by atoms with Crippen LogP contribution < -0.4 is 0 Å². The van der Waals surface area contributed by atoms with Gasteiger partial charge < -0.3 is 10.0 Å². The van der Waals surface area contributed by atoms with Crippen LogP contribution in [0.15, 0.2) is 0 Å². The van der Waals surface area contributed by atoms with Gasteiger partial charge in [-0.25, -0.2) is 0 Å². The summed E-state index contributed by atoms with van der Waals surface area (Å²) in [6, 6.07) is 0. The lowest BCUT2D eigenvalue weighted by Gasteiger charge is -2.31. The van der Waals surface area contributed by atoms with Crippen LogP contribution in [0.25, 0.3) is 0 Å². The van der Waals surface area contributed by atoms with Gasteiger partial charge in [0.05, 0.1) is 6.10 Å². The molecule has 50 valence electrons. The highest BCUT2D eigenvalue weighted by Gasteiger charge is 2.18. The van der Waals surface area contributed by atoms with Gasteiger partial charge in [-0.1, -0.05) is 13.8 Å². The Bertz CT molecular complexity index is 44.5. The van der Waals surface area contributed by atoms with Crippen molar-refractivity contribution in [2.45, 2.75) is 20.0 Å². The van der Waals surface area contributed by atoms with E-state index in [9.17, 15) is 0 Å². The number of hydrogen-bond acceptors (Lipinski definition) is 2. The predicted molar refractivity (Wildman–Crippen MR) is 34.9 cm³/mol. The van der Waals surface area contributed by atoms with Gasteiger partial charge in [0, 0.05) is 13.1 Å². The minimum Gasteiger partial charge on any atom is -0.390 e. The third-order valence-electron chi connectivity index (χ3n) is 1.04. The molecule has 1 aliphatic rings. The zero-order valence-electron chi connectivity index (χ0n) is 5.89. The first-order chi connectivity index (χ1) is 3.79. The van der Waals surface area contributed by atoms with Crippen molar-refractivity contribution >= 4 is 0 Å². The van der Waals surface area contributed by atoms with Gasteiger partial charge >= 0.3 is 0 Å². The molecule has 0 bridgehead atoms. The van der Waals surface area contributed by atoms with Crippen molar-refractivity contribution in [2.75, 3.05) is 20.1 Å². The Labute approximate surface area is 51.1 Å². The SMILES string of the molecule is CC.CN1CC(O)C1. The highest BCUT2D eigenvalue weighted by Crippen LogP contribution is 2.00. The van der Waals surface area contributed by atoms with Gasteiger partial charge in [-0.3, -0.25) is 0 Å². The third kappa shape index (κ3) is 2.28. The number of hydrogen-bond donors (Lipinski definition) is 1. The number of β-amino-alcohol motifs (C(OH)–C–C–N with tert-alkyl or cyclic N) is 1. The van der Waals surface area contributed by atoms with E-state index >= 15 is 0 Å². The second kappa shape index (κ2) is 3.87. The maximum absolute atomic E-state index is 8.58. The molecular weight excluding hydrogens is 102 g/mol. The van der Waals surface area contributed by atoms with Crippen LogP contribution in [0.2, 0.25) is 0 Å². The molecule has 0 aromatic heterocycles. The van der Waals surface area contributed by atoms with Gasteiger partial charge in [0.2, 0.25) is 0 Å². The first-order valence-corrected chi connectivity index (χ1v) is 3.15. The third-order valence-corrected chi connectivity index (χ3v) is 1.04. The molecule has 0 radical (unpaired) electrons. The Kier molecular flexibility index (Phi) is 3.83. The van der Waals surface area contributed by atoms with Crippen molar-refractivity contribution in [1.82, 2.24) is 4.90 Å². The van der Waals surface area contributed by atoms with E-state index in [2.05, 4.69) is 4.90 Å². The molecule has 2 heteroatoms. The lowest BCUT2D eigenvalue weighted by Crippen LogP contribution is -2.47. The summed E-state index contributed by atoms with van der Waals surface area (Å²) < 4.78 is 0. The first-order valence-electron chi connectivity index (χ1n) is 3.15. The van der Waals surface area contributed by atoms with Crippen LogP contribution in [0.3, 0.4) is 0 Å². The van der Waals surface area contributed by atoms with Crippen LogP contribution >= 0.6 is 0 Å². The van der Waals surface area contributed by atoms with E-state index < -0.39 is 0 Å². The summed E-state index contributed by atoms with van der Waals surface area (Å²) in [5.41, 5.74) is 0. The Hall–Kier alpha value is -0.0800. The van der Waals surface area contributed by atoms with E-state index in [1.807, 2.05) is 20.9 Å². The first kappa shape index (κ1) is 7.92. The number of aliphatic hydroxyl groups excluding tert-OH is 1. The molecule has 1 aliphatic heterocycles. The van der Waals surface area contributed by atoms with Crippen LogP contribution in [-0.4, -0.2) is 36.2 Å². The number of nitrogens with zero attached hydrogens (tertiary/aromatic N) is 1. The number of likely N-dealkylation sites (tertiary alicyclic amines) is 1. The van der Waals surface area contributed by atoms with E-state index in [4.69, 9.17) is 5.11 Å². The maximum atomic E-state index is 8.58. The zero-order chi connectivity index (χ0) is 6.57. The Morgan fingerprint density at radius 2 is 1.75 bits per heavy atom. The van der Waals surface area contributed by atoms with Gasteiger partial charge in [-0.2, -0.15) is 0 Å². The molecule has 0 aromatic carbocycles. The van der Waals surface area contributed by atoms with Crippen molar-refractivity contribution in [3.63, 3.8) is 0 Å². The summed E-state index contributed by atoms with van der Waals surface area (Å²) in [6.45, 7) is 5.72. The maximum Gasteiger partial charge on any atom is 0.0793 e. The summed E-state index contributed by atoms with van der Waals surface area (Å²) in [5, 5.41) is 8.58. The van der Waals surface area contributed by atoms with Crippen LogP contribution in [0.4, 0.5) is 0 Å². The summed E-state index contributed by atoms with van der Waals surface area (Å²) in [4.78, 5) is 2.07. The highest BCUT2D eigenvalue weighted by atomic mass is 16.3. The molecular formula is C6H15NO. The van der Waals surface area contributed by atoms with Crippen molar-refractivity contribution in [3.8, 4) is 0 Å². The molecule has 1 heterocycles. The lowest BCUT2D eigenvalue weighted by molar-refractivity contribution is 0.0196. The van der Waals surface area contributed by atoms with E-state index in [-0.39, 0.29) is 6.10 Å². The molecule has 8 heavy (non-hydrogen) atoms. The summed E-state index contributed by atoms with van der Waals surface area (Å²) in [5.74, 6) is 0. The fourth-order valence-corrected chi connectivity index (χ4v) is 0.666. The lowest BCUT2D eigenvalue weighted by atomic mass is 10.2. The second-order valence-electron chi connectivity index (χ2n) is 1.88. The quantitative estimate of drug-likeness (QED) is 0.494. The minimum atomic E-state index is -0.0324. The summed E-state index contributed by atoms with van der Waals surface area (Å²) in [7, 11) is 1.99. The Morgan fingerprint density at radius 1 is 1.38 bits per heavy atom. The summed E-state index contributed by atoms with van der Waals surface area (Å²) >= 11 is 0. The van der Waals surface area contributed by atoms with Crippen LogP contribution in [0.1, 0.15) is 13.8 Å². The number of rotatable bonds is 0. The number of likely N-dealkylation sites (N-methyl/N-ethyl adjacent to an activating group) is 1. The van der Waals surface area contributed by atoms with Crippen LogP contribution in [-0.2, 0) is 0 Å². The second-order valence-corrected chi connectivity index (χ2v) is 1.88. The van der Waals surface area contributed by atoms with Gasteiger partial charge in [0.15, 0.2) is 0 Å². The highest BCUT2D eigenvalue weighted by molar-refractivity contribution is 4.74. The van der Waals surface area contributed by atoms with E-state index in [1.165, 1.54) is 0 Å². The molecule has 0 atom stereocenters. The standard InChI is InChI=1S/C4H9NO.C2H6/c1-5-2-4(6)3-5;1-2/h4,6H,2-3H2,1H3;1-2H3.